The van der Waals surface area contributed by atoms with E-state index in [-0.39, 0.29) is 6.10 Å². The minimum atomic E-state index is -0.0405. The summed E-state index contributed by atoms with van der Waals surface area (Å²) in [5.74, 6) is 0.511. The fourth-order valence-corrected chi connectivity index (χ4v) is 1.64. The van der Waals surface area contributed by atoms with Gasteiger partial charge in [-0.1, -0.05) is 20.3 Å². The van der Waals surface area contributed by atoms with Crippen molar-refractivity contribution in [3.63, 3.8) is 0 Å². The molecular weight excluding hydrogens is 138 g/mol. The zero-order valence-corrected chi connectivity index (χ0v) is 7.51. The number of aliphatic hydroxyl groups excluding tert-OH is 1. The van der Waals surface area contributed by atoms with E-state index in [1.807, 2.05) is 0 Å². The van der Waals surface area contributed by atoms with Gasteiger partial charge in [-0.15, -0.1) is 0 Å². The molecule has 0 heterocycles. The van der Waals surface area contributed by atoms with Crippen molar-refractivity contribution in [1.82, 2.24) is 5.32 Å². The molecule has 1 aliphatic rings. The zero-order chi connectivity index (χ0) is 8.27. The van der Waals surface area contributed by atoms with Crippen LogP contribution in [0.5, 0.6) is 0 Å². The molecule has 0 unspecified atom stereocenters. The third-order valence-electron chi connectivity index (χ3n) is 2.41. The topological polar surface area (TPSA) is 32.3 Å². The molecule has 0 bridgehead atoms. The summed E-state index contributed by atoms with van der Waals surface area (Å²) in [6.07, 6.45) is 3.36. The number of rotatable bonds is 3. The highest BCUT2D eigenvalue weighted by Gasteiger charge is 2.24. The van der Waals surface area contributed by atoms with Crippen LogP contribution in [0.3, 0.4) is 0 Å². The van der Waals surface area contributed by atoms with Crippen molar-refractivity contribution in [1.29, 1.82) is 0 Å². The smallest absolute Gasteiger partial charge is 0.0580 e. The fraction of sp³-hybridized carbons (Fsp3) is 1.00. The Morgan fingerprint density at radius 2 is 2.18 bits per heavy atom. The maximum atomic E-state index is 9.46. The van der Waals surface area contributed by atoms with Crippen molar-refractivity contribution in [3.05, 3.63) is 0 Å². The molecule has 0 saturated heterocycles. The average Bonchev–Trinajstić information content (AvgIpc) is 2.31. The van der Waals surface area contributed by atoms with Crippen molar-refractivity contribution in [2.75, 3.05) is 6.54 Å². The van der Waals surface area contributed by atoms with Crippen molar-refractivity contribution in [2.45, 2.75) is 45.3 Å². The van der Waals surface area contributed by atoms with Crippen LogP contribution >= 0.6 is 0 Å². The lowest BCUT2D eigenvalue weighted by Crippen LogP contribution is -2.32. The molecule has 66 valence electrons. The Hall–Kier alpha value is -0.0800. The molecule has 0 aromatic rings. The van der Waals surface area contributed by atoms with Crippen LogP contribution < -0.4 is 5.32 Å². The van der Waals surface area contributed by atoms with Crippen LogP contribution in [-0.4, -0.2) is 23.8 Å². The summed E-state index contributed by atoms with van der Waals surface area (Å²) in [7, 11) is 0. The molecule has 2 heteroatoms. The number of hydrogen-bond donors (Lipinski definition) is 2. The molecule has 0 aromatic carbocycles. The Labute approximate surface area is 69.0 Å². The SMILES string of the molecule is CC(C)NC[C@@H]1CCC[C@H]1O. The van der Waals surface area contributed by atoms with E-state index in [0.29, 0.717) is 12.0 Å². The van der Waals surface area contributed by atoms with Crippen molar-refractivity contribution < 1.29 is 5.11 Å². The summed E-state index contributed by atoms with van der Waals surface area (Å²) < 4.78 is 0. The highest BCUT2D eigenvalue weighted by molar-refractivity contribution is 4.78. The Morgan fingerprint density at radius 3 is 2.64 bits per heavy atom. The minimum Gasteiger partial charge on any atom is -0.393 e. The van der Waals surface area contributed by atoms with Gasteiger partial charge in [0.1, 0.15) is 0 Å². The van der Waals surface area contributed by atoms with Crippen LogP contribution in [-0.2, 0) is 0 Å². The summed E-state index contributed by atoms with van der Waals surface area (Å²) in [4.78, 5) is 0. The van der Waals surface area contributed by atoms with Gasteiger partial charge in [0, 0.05) is 12.6 Å². The molecule has 0 aliphatic heterocycles. The summed E-state index contributed by atoms with van der Waals surface area (Å²) in [5, 5.41) is 12.8. The molecule has 0 amide bonds. The van der Waals surface area contributed by atoms with E-state index in [4.69, 9.17) is 0 Å². The lowest BCUT2D eigenvalue weighted by Gasteiger charge is -2.16. The van der Waals surface area contributed by atoms with Gasteiger partial charge in [0.05, 0.1) is 6.10 Å². The lowest BCUT2D eigenvalue weighted by atomic mass is 10.1. The van der Waals surface area contributed by atoms with Crippen molar-refractivity contribution >= 4 is 0 Å². The van der Waals surface area contributed by atoms with E-state index in [1.54, 1.807) is 0 Å². The van der Waals surface area contributed by atoms with E-state index in [2.05, 4.69) is 19.2 Å². The summed E-state index contributed by atoms with van der Waals surface area (Å²) in [5.41, 5.74) is 0. The number of hydrogen-bond acceptors (Lipinski definition) is 2. The molecule has 2 nitrogen and oxygen atoms in total. The molecule has 1 saturated carbocycles. The molecular formula is C9H19NO. The molecule has 0 spiro atoms. The lowest BCUT2D eigenvalue weighted by molar-refractivity contribution is 0.130. The Bertz CT molecular complexity index is 114. The first-order valence-electron chi connectivity index (χ1n) is 4.61. The van der Waals surface area contributed by atoms with E-state index in [1.165, 1.54) is 12.8 Å². The molecule has 1 rings (SSSR count). The molecule has 2 N–H and O–H groups in total. The normalized spacial score (nSPS) is 31.6. The second kappa shape index (κ2) is 4.07. The highest BCUT2D eigenvalue weighted by Crippen LogP contribution is 2.24. The van der Waals surface area contributed by atoms with Crippen molar-refractivity contribution in [2.24, 2.45) is 5.92 Å². The van der Waals surface area contributed by atoms with Crippen LogP contribution in [0.2, 0.25) is 0 Å². The van der Waals surface area contributed by atoms with Gasteiger partial charge in [0.25, 0.3) is 0 Å². The second-order valence-electron chi connectivity index (χ2n) is 3.82. The average molecular weight is 157 g/mol. The van der Waals surface area contributed by atoms with Gasteiger partial charge < -0.3 is 10.4 Å². The number of aliphatic hydroxyl groups is 1. The Kier molecular flexibility index (Phi) is 3.34. The largest absolute Gasteiger partial charge is 0.393 e. The summed E-state index contributed by atoms with van der Waals surface area (Å²) in [6.45, 7) is 5.27. The van der Waals surface area contributed by atoms with Gasteiger partial charge in [0.15, 0.2) is 0 Å². The minimum absolute atomic E-state index is 0.0405. The maximum absolute atomic E-state index is 9.46. The zero-order valence-electron chi connectivity index (χ0n) is 7.51. The van der Waals surface area contributed by atoms with Gasteiger partial charge in [-0.2, -0.15) is 0 Å². The first-order chi connectivity index (χ1) is 5.20. The molecule has 11 heavy (non-hydrogen) atoms. The third kappa shape index (κ3) is 2.80. The second-order valence-corrected chi connectivity index (χ2v) is 3.82. The van der Waals surface area contributed by atoms with Crippen LogP contribution in [0, 0.1) is 5.92 Å². The Morgan fingerprint density at radius 1 is 1.45 bits per heavy atom. The predicted molar refractivity (Wildman–Crippen MR) is 46.5 cm³/mol. The molecule has 0 aromatic heterocycles. The first-order valence-corrected chi connectivity index (χ1v) is 4.61. The molecule has 2 atom stereocenters. The van der Waals surface area contributed by atoms with Gasteiger partial charge in [-0.3, -0.25) is 0 Å². The van der Waals surface area contributed by atoms with Gasteiger partial charge in [0.2, 0.25) is 0 Å². The van der Waals surface area contributed by atoms with Gasteiger partial charge >= 0.3 is 0 Å². The summed E-state index contributed by atoms with van der Waals surface area (Å²) in [6, 6.07) is 0.544. The van der Waals surface area contributed by atoms with E-state index in [0.717, 1.165) is 13.0 Å². The van der Waals surface area contributed by atoms with E-state index >= 15 is 0 Å². The van der Waals surface area contributed by atoms with Crippen molar-refractivity contribution in [3.8, 4) is 0 Å². The summed E-state index contributed by atoms with van der Waals surface area (Å²) >= 11 is 0. The van der Waals surface area contributed by atoms with Crippen LogP contribution in [0.1, 0.15) is 33.1 Å². The highest BCUT2D eigenvalue weighted by atomic mass is 16.3. The quantitative estimate of drug-likeness (QED) is 0.644. The van der Waals surface area contributed by atoms with Crippen LogP contribution in [0.25, 0.3) is 0 Å². The first kappa shape index (κ1) is 9.01. The predicted octanol–water partition coefficient (Wildman–Crippen LogP) is 1.15. The third-order valence-corrected chi connectivity index (χ3v) is 2.41. The monoisotopic (exact) mass is 157 g/mol. The maximum Gasteiger partial charge on any atom is 0.0580 e. The Balaban J connectivity index is 2.15. The molecule has 1 aliphatic carbocycles. The van der Waals surface area contributed by atoms with Crippen LogP contribution in [0.4, 0.5) is 0 Å². The fourth-order valence-electron chi connectivity index (χ4n) is 1.64. The standard InChI is InChI=1S/C9H19NO/c1-7(2)10-6-8-4-3-5-9(8)11/h7-11H,3-6H2,1-2H3/t8-,9+/m0/s1. The van der Waals surface area contributed by atoms with Crippen LogP contribution in [0.15, 0.2) is 0 Å². The molecule has 0 radical (unpaired) electrons. The molecule has 1 fully saturated rings. The van der Waals surface area contributed by atoms with E-state index < -0.39 is 0 Å². The van der Waals surface area contributed by atoms with Gasteiger partial charge in [-0.05, 0) is 18.8 Å². The van der Waals surface area contributed by atoms with Gasteiger partial charge in [-0.25, -0.2) is 0 Å². The van der Waals surface area contributed by atoms with E-state index in [9.17, 15) is 5.11 Å². The number of nitrogens with one attached hydrogen (secondary N) is 1.